The van der Waals surface area contributed by atoms with Crippen LogP contribution in [0.25, 0.3) is 0 Å². The van der Waals surface area contributed by atoms with Crippen LogP contribution in [0.4, 0.5) is 0 Å². The van der Waals surface area contributed by atoms with E-state index in [0.717, 1.165) is 32.1 Å². The van der Waals surface area contributed by atoms with Crippen molar-refractivity contribution in [2.24, 2.45) is 0 Å². The number of hydrogen-bond acceptors (Lipinski definition) is 6. The molecular weight excluding hydrogens is 508 g/mol. The summed E-state index contributed by atoms with van der Waals surface area (Å²) in [5.74, 6) is 1.44. The molecule has 1 aliphatic heterocycles. The Balaban J connectivity index is 1.65. The summed E-state index contributed by atoms with van der Waals surface area (Å²) in [5, 5.41) is 3.20. The normalized spacial score (nSPS) is 17.8. The minimum atomic E-state index is -0.932. The van der Waals surface area contributed by atoms with Crippen LogP contribution < -0.4 is 24.3 Å². The van der Waals surface area contributed by atoms with Crippen molar-refractivity contribution in [2.45, 2.75) is 63.6 Å². The van der Waals surface area contributed by atoms with Crippen LogP contribution in [0, 0.1) is 0 Å². The average molecular weight is 545 g/mol. The van der Waals surface area contributed by atoms with Crippen LogP contribution in [0.3, 0.4) is 0 Å². The lowest BCUT2D eigenvalue weighted by molar-refractivity contribution is -0.141. The number of benzene rings is 2. The van der Waals surface area contributed by atoms with Crippen molar-refractivity contribution >= 4 is 23.4 Å². The first-order valence-corrected chi connectivity index (χ1v) is 13.9. The van der Waals surface area contributed by atoms with Gasteiger partial charge in [0, 0.05) is 6.04 Å². The summed E-state index contributed by atoms with van der Waals surface area (Å²) in [5.41, 5.74) is 0.606. The van der Waals surface area contributed by atoms with Gasteiger partial charge in [0.25, 0.3) is 0 Å². The highest BCUT2D eigenvalue weighted by molar-refractivity contribution is 6.27. The SMILES string of the molecule is CCCOc1ccc([C@@H](C(=O)NC2CCCCC2)N(C[C@H]2COc3ccccc3O2)C(=O)CCl)cc1OC. The predicted molar refractivity (Wildman–Crippen MR) is 145 cm³/mol. The molecule has 1 fully saturated rings. The van der Waals surface area contributed by atoms with Crippen molar-refractivity contribution in [2.75, 3.05) is 32.7 Å². The number of methoxy groups -OCH3 is 1. The van der Waals surface area contributed by atoms with Gasteiger partial charge in [0.15, 0.2) is 29.1 Å². The van der Waals surface area contributed by atoms with E-state index in [9.17, 15) is 9.59 Å². The Hall–Kier alpha value is -3.13. The van der Waals surface area contributed by atoms with Gasteiger partial charge in [-0.2, -0.15) is 0 Å². The molecule has 2 amide bonds. The number of para-hydroxylation sites is 2. The zero-order valence-corrected chi connectivity index (χ0v) is 22.9. The van der Waals surface area contributed by atoms with E-state index in [1.165, 1.54) is 11.3 Å². The molecule has 0 bridgehead atoms. The molecular formula is C29H37ClN2O6. The van der Waals surface area contributed by atoms with Gasteiger partial charge in [-0.15, -0.1) is 11.6 Å². The van der Waals surface area contributed by atoms with Crippen molar-refractivity contribution in [3.8, 4) is 23.0 Å². The van der Waals surface area contributed by atoms with Crippen molar-refractivity contribution < 1.29 is 28.5 Å². The molecule has 0 unspecified atom stereocenters. The Labute approximate surface area is 229 Å². The van der Waals surface area contributed by atoms with Crippen LogP contribution >= 0.6 is 11.6 Å². The zero-order chi connectivity index (χ0) is 26.9. The monoisotopic (exact) mass is 544 g/mol. The summed E-state index contributed by atoms with van der Waals surface area (Å²) in [6.45, 7) is 2.93. The number of nitrogens with one attached hydrogen (secondary N) is 1. The molecule has 2 aromatic carbocycles. The van der Waals surface area contributed by atoms with Crippen molar-refractivity contribution in [3.05, 3.63) is 48.0 Å². The van der Waals surface area contributed by atoms with Gasteiger partial charge < -0.3 is 29.2 Å². The molecule has 1 N–H and O–H groups in total. The van der Waals surface area contributed by atoms with E-state index >= 15 is 0 Å². The van der Waals surface area contributed by atoms with Crippen molar-refractivity contribution in [1.29, 1.82) is 0 Å². The summed E-state index contributed by atoms with van der Waals surface area (Å²) in [6, 6.07) is 11.9. The van der Waals surface area contributed by atoms with Gasteiger partial charge in [-0.25, -0.2) is 0 Å². The highest BCUT2D eigenvalue weighted by Gasteiger charge is 2.36. The number of carbonyl (C=O) groups excluding carboxylic acids is 2. The van der Waals surface area contributed by atoms with Gasteiger partial charge in [-0.1, -0.05) is 44.4 Å². The molecule has 0 radical (unpaired) electrons. The average Bonchev–Trinajstić information content (AvgIpc) is 2.96. The Morgan fingerprint density at radius 1 is 1.11 bits per heavy atom. The summed E-state index contributed by atoms with van der Waals surface area (Å²) in [4.78, 5) is 28.6. The lowest BCUT2D eigenvalue weighted by Gasteiger charge is -2.36. The zero-order valence-electron chi connectivity index (χ0n) is 22.1. The van der Waals surface area contributed by atoms with Gasteiger partial charge in [0.05, 0.1) is 20.3 Å². The maximum Gasteiger partial charge on any atom is 0.247 e. The predicted octanol–water partition coefficient (Wildman–Crippen LogP) is 4.88. The van der Waals surface area contributed by atoms with Gasteiger partial charge >= 0.3 is 0 Å². The van der Waals surface area contributed by atoms with Crippen LogP contribution in [-0.2, 0) is 9.59 Å². The number of nitrogens with zero attached hydrogens (tertiary/aromatic N) is 1. The fraction of sp³-hybridized carbons (Fsp3) is 0.517. The van der Waals surface area contributed by atoms with Gasteiger partial charge in [-0.3, -0.25) is 9.59 Å². The number of ether oxygens (including phenoxy) is 4. The minimum absolute atomic E-state index is 0.0712. The third kappa shape index (κ3) is 6.84. The number of alkyl halides is 1. The van der Waals surface area contributed by atoms with E-state index in [4.69, 9.17) is 30.5 Å². The molecule has 2 aromatic rings. The van der Waals surface area contributed by atoms with Gasteiger partial charge in [0.1, 0.15) is 18.5 Å². The number of fused-ring (bicyclic) bond motifs is 1. The second-order valence-electron chi connectivity index (χ2n) is 9.68. The lowest BCUT2D eigenvalue weighted by Crippen LogP contribution is -2.51. The Bertz CT molecular complexity index is 1090. The van der Waals surface area contributed by atoms with E-state index in [0.29, 0.717) is 35.2 Å². The van der Waals surface area contributed by atoms with E-state index in [1.807, 2.05) is 31.2 Å². The number of halogens is 1. The second kappa shape index (κ2) is 13.6. The van der Waals surface area contributed by atoms with E-state index in [-0.39, 0.29) is 36.9 Å². The first kappa shape index (κ1) is 27.9. The molecule has 2 aliphatic rings. The summed E-state index contributed by atoms with van der Waals surface area (Å²) in [7, 11) is 1.56. The molecule has 38 heavy (non-hydrogen) atoms. The van der Waals surface area contributed by atoms with Crippen molar-refractivity contribution in [1.82, 2.24) is 10.2 Å². The van der Waals surface area contributed by atoms with Gasteiger partial charge in [0.2, 0.25) is 11.8 Å². The van der Waals surface area contributed by atoms with Gasteiger partial charge in [-0.05, 0) is 49.1 Å². The maximum atomic E-state index is 13.9. The largest absolute Gasteiger partial charge is 0.493 e. The highest BCUT2D eigenvalue weighted by atomic mass is 35.5. The first-order valence-electron chi connectivity index (χ1n) is 13.4. The molecule has 4 rings (SSSR count). The summed E-state index contributed by atoms with van der Waals surface area (Å²) >= 11 is 6.07. The molecule has 9 heteroatoms. The molecule has 0 aromatic heterocycles. The fourth-order valence-corrected chi connectivity index (χ4v) is 5.14. The molecule has 8 nitrogen and oxygen atoms in total. The third-order valence-electron chi connectivity index (χ3n) is 6.88. The van der Waals surface area contributed by atoms with Crippen LogP contribution in [0.1, 0.15) is 57.1 Å². The smallest absolute Gasteiger partial charge is 0.247 e. The number of carbonyl (C=O) groups is 2. The number of hydrogen-bond donors (Lipinski definition) is 1. The minimum Gasteiger partial charge on any atom is -0.493 e. The molecule has 1 saturated carbocycles. The Kier molecular flexibility index (Phi) is 9.98. The highest BCUT2D eigenvalue weighted by Crippen LogP contribution is 2.35. The first-order chi connectivity index (χ1) is 18.5. The van der Waals surface area contributed by atoms with Crippen LogP contribution in [0.2, 0.25) is 0 Å². The Morgan fingerprint density at radius 3 is 2.58 bits per heavy atom. The van der Waals surface area contributed by atoms with Crippen molar-refractivity contribution in [3.63, 3.8) is 0 Å². The van der Waals surface area contributed by atoms with E-state index < -0.39 is 12.1 Å². The lowest BCUT2D eigenvalue weighted by atomic mass is 9.94. The quantitative estimate of drug-likeness (QED) is 0.406. The second-order valence-corrected chi connectivity index (χ2v) is 9.95. The maximum absolute atomic E-state index is 13.9. The van der Waals surface area contributed by atoms with Crippen LogP contribution in [0.5, 0.6) is 23.0 Å². The fourth-order valence-electron chi connectivity index (χ4n) is 4.99. The number of rotatable bonds is 11. The van der Waals surface area contributed by atoms with E-state index in [2.05, 4.69) is 5.32 Å². The molecule has 0 saturated heterocycles. The standard InChI is InChI=1S/C29H37ClN2O6/c1-3-15-36-24-14-13-20(16-26(24)35-2)28(29(34)31-21-9-5-4-6-10-21)32(27(33)17-30)18-22-19-37-23-11-7-8-12-25(23)38-22/h7-8,11-14,16,21-22,28H,3-6,9-10,15,17-19H2,1-2H3,(H,31,34)/t22-,28-/m0/s1. The van der Waals surface area contributed by atoms with E-state index in [1.54, 1.807) is 25.3 Å². The number of amides is 2. The summed E-state index contributed by atoms with van der Waals surface area (Å²) in [6.07, 6.45) is 5.53. The molecule has 1 aliphatic carbocycles. The topological polar surface area (TPSA) is 86.3 Å². The molecule has 206 valence electrons. The molecule has 0 spiro atoms. The molecule has 1 heterocycles. The Morgan fingerprint density at radius 2 is 1.87 bits per heavy atom. The summed E-state index contributed by atoms with van der Waals surface area (Å²) < 4.78 is 23.4. The third-order valence-corrected chi connectivity index (χ3v) is 7.11. The van der Waals surface area contributed by atoms with Crippen LogP contribution in [-0.4, -0.2) is 61.6 Å². The van der Waals surface area contributed by atoms with Crippen LogP contribution in [0.15, 0.2) is 42.5 Å². The molecule has 2 atom stereocenters.